The Hall–Kier alpha value is -2.65. The fourth-order valence-electron chi connectivity index (χ4n) is 2.23. The van der Waals surface area contributed by atoms with E-state index in [0.29, 0.717) is 16.8 Å². The number of amides is 1. The highest BCUT2D eigenvalue weighted by Gasteiger charge is 2.18. The van der Waals surface area contributed by atoms with E-state index in [1.54, 1.807) is 36.7 Å². The molecule has 1 N–H and O–H groups in total. The summed E-state index contributed by atoms with van der Waals surface area (Å²) in [5.41, 5.74) is 0.444. The number of nitrogens with zero attached hydrogens (tertiary/aromatic N) is 2. The molecule has 0 aliphatic heterocycles. The Balaban J connectivity index is 1.64. The normalized spacial score (nSPS) is 10.6. The summed E-state index contributed by atoms with van der Waals surface area (Å²) in [6.07, 6.45) is 4.22. The number of esters is 1. The number of aromatic nitrogens is 2. The number of thiazole rings is 1. The average molecular weight is 403 g/mol. The van der Waals surface area contributed by atoms with Crippen LogP contribution in [0.5, 0.6) is 0 Å². The summed E-state index contributed by atoms with van der Waals surface area (Å²) in [5, 5.41) is 3.17. The number of hydrogen-bond donors (Lipinski definition) is 1. The maximum absolute atomic E-state index is 12.5. The molecule has 0 saturated carbocycles. The highest BCUT2D eigenvalue weighted by Crippen LogP contribution is 2.31. The summed E-state index contributed by atoms with van der Waals surface area (Å²) in [4.78, 5) is 32.7. The van der Waals surface area contributed by atoms with Gasteiger partial charge < -0.3 is 9.15 Å². The Morgan fingerprint density at radius 3 is 2.70 bits per heavy atom. The lowest BCUT2D eigenvalue weighted by Gasteiger charge is -2.06. The standard InChI is InChI=1S/C18H17N3O4S2/c1-3-11-8-19-14(25-11)10-26-15-9-20-18(27-15)21-16(22)12-6-4-5-7-13(12)17(23)24-2/h4-9H,3,10H2,1-2H3,(H,20,21,22). The fraction of sp³-hybridized carbons (Fsp3) is 0.222. The van der Waals surface area contributed by atoms with Gasteiger partial charge in [0.15, 0.2) is 5.13 Å². The molecule has 0 aliphatic carbocycles. The zero-order valence-corrected chi connectivity index (χ0v) is 16.4. The number of carbonyl (C=O) groups is 2. The lowest BCUT2D eigenvalue weighted by Crippen LogP contribution is -2.16. The third kappa shape index (κ3) is 4.75. The molecule has 140 valence electrons. The summed E-state index contributed by atoms with van der Waals surface area (Å²) >= 11 is 2.87. The molecular formula is C18H17N3O4S2. The zero-order valence-electron chi connectivity index (χ0n) is 14.7. The van der Waals surface area contributed by atoms with E-state index in [0.717, 1.165) is 16.4 Å². The van der Waals surface area contributed by atoms with Crippen LogP contribution >= 0.6 is 23.1 Å². The molecule has 0 unspecified atom stereocenters. The third-order valence-corrected chi connectivity index (χ3v) is 5.66. The van der Waals surface area contributed by atoms with Gasteiger partial charge in [-0.2, -0.15) is 0 Å². The maximum Gasteiger partial charge on any atom is 0.338 e. The predicted molar refractivity (Wildman–Crippen MR) is 103 cm³/mol. The van der Waals surface area contributed by atoms with Gasteiger partial charge in [0.1, 0.15) is 5.76 Å². The van der Waals surface area contributed by atoms with Crippen LogP contribution in [0.2, 0.25) is 0 Å². The molecule has 3 rings (SSSR count). The quantitative estimate of drug-likeness (QED) is 0.470. The van der Waals surface area contributed by atoms with Gasteiger partial charge in [-0.1, -0.05) is 30.4 Å². The molecule has 0 aliphatic rings. The summed E-state index contributed by atoms with van der Waals surface area (Å²) in [6, 6.07) is 6.47. The Labute approximate surface area is 164 Å². The van der Waals surface area contributed by atoms with Gasteiger partial charge in [-0.05, 0) is 12.1 Å². The van der Waals surface area contributed by atoms with Crippen LogP contribution < -0.4 is 5.32 Å². The van der Waals surface area contributed by atoms with E-state index in [1.807, 2.05) is 6.92 Å². The van der Waals surface area contributed by atoms with Crippen LogP contribution in [-0.4, -0.2) is 29.0 Å². The van der Waals surface area contributed by atoms with E-state index in [4.69, 9.17) is 9.15 Å². The number of rotatable bonds is 7. The first kappa shape index (κ1) is 19.1. The second-order valence-corrected chi connectivity index (χ2v) is 7.64. The number of hydrogen-bond acceptors (Lipinski definition) is 8. The summed E-state index contributed by atoms with van der Waals surface area (Å²) in [7, 11) is 1.28. The second kappa shape index (κ2) is 8.83. The van der Waals surface area contributed by atoms with Gasteiger partial charge in [-0.25, -0.2) is 14.8 Å². The molecule has 0 radical (unpaired) electrons. The number of thioether (sulfide) groups is 1. The van der Waals surface area contributed by atoms with Gasteiger partial charge in [0.25, 0.3) is 5.91 Å². The Morgan fingerprint density at radius 2 is 2.00 bits per heavy atom. The van der Waals surface area contributed by atoms with Crippen LogP contribution in [0.15, 0.2) is 45.3 Å². The molecule has 3 aromatic rings. The number of ether oxygens (including phenoxy) is 1. The number of carbonyl (C=O) groups excluding carboxylic acids is 2. The molecule has 2 heterocycles. The van der Waals surface area contributed by atoms with Crippen molar-refractivity contribution in [2.75, 3.05) is 12.4 Å². The monoisotopic (exact) mass is 403 g/mol. The Morgan fingerprint density at radius 1 is 1.22 bits per heavy atom. The van der Waals surface area contributed by atoms with Crippen molar-refractivity contribution in [3.05, 3.63) is 59.4 Å². The van der Waals surface area contributed by atoms with Gasteiger partial charge in [0.05, 0.1) is 40.6 Å². The second-order valence-electron chi connectivity index (χ2n) is 5.34. The number of nitrogens with one attached hydrogen (secondary N) is 1. The van der Waals surface area contributed by atoms with Crippen molar-refractivity contribution < 1.29 is 18.7 Å². The lowest BCUT2D eigenvalue weighted by atomic mass is 10.1. The molecule has 7 nitrogen and oxygen atoms in total. The van der Waals surface area contributed by atoms with Gasteiger partial charge in [-0.15, -0.1) is 11.8 Å². The minimum absolute atomic E-state index is 0.208. The van der Waals surface area contributed by atoms with Crippen LogP contribution in [0, 0.1) is 0 Å². The van der Waals surface area contributed by atoms with E-state index in [1.165, 1.54) is 30.2 Å². The summed E-state index contributed by atoms with van der Waals surface area (Å²) in [6.45, 7) is 2.01. The van der Waals surface area contributed by atoms with Crippen LogP contribution in [0.4, 0.5) is 5.13 Å². The average Bonchev–Trinajstić information content (AvgIpc) is 3.34. The van der Waals surface area contributed by atoms with E-state index < -0.39 is 11.9 Å². The fourth-order valence-corrected chi connectivity index (χ4v) is 3.95. The third-order valence-electron chi connectivity index (χ3n) is 3.57. The summed E-state index contributed by atoms with van der Waals surface area (Å²) in [5.74, 6) is 1.12. The first-order valence-corrected chi connectivity index (χ1v) is 9.91. The van der Waals surface area contributed by atoms with Crippen LogP contribution in [0.25, 0.3) is 0 Å². The van der Waals surface area contributed by atoms with Crippen molar-refractivity contribution in [3.8, 4) is 0 Å². The number of methoxy groups -OCH3 is 1. The van der Waals surface area contributed by atoms with E-state index in [2.05, 4.69) is 15.3 Å². The zero-order chi connectivity index (χ0) is 19.2. The molecule has 9 heteroatoms. The molecule has 0 bridgehead atoms. The molecule has 0 fully saturated rings. The molecule has 2 aromatic heterocycles. The van der Waals surface area contributed by atoms with E-state index in [9.17, 15) is 9.59 Å². The van der Waals surface area contributed by atoms with Gasteiger partial charge in [0.2, 0.25) is 5.89 Å². The molecule has 0 atom stereocenters. The van der Waals surface area contributed by atoms with E-state index in [-0.39, 0.29) is 11.1 Å². The molecule has 1 aromatic carbocycles. The number of oxazole rings is 1. The Kier molecular flexibility index (Phi) is 6.25. The van der Waals surface area contributed by atoms with Crippen LogP contribution in [-0.2, 0) is 16.9 Å². The minimum atomic E-state index is -0.562. The predicted octanol–water partition coefficient (Wildman–Crippen LogP) is 4.02. The number of anilines is 1. The molecular weight excluding hydrogens is 386 g/mol. The van der Waals surface area contributed by atoms with Gasteiger partial charge in [-0.3, -0.25) is 10.1 Å². The van der Waals surface area contributed by atoms with Crippen molar-refractivity contribution in [1.82, 2.24) is 9.97 Å². The maximum atomic E-state index is 12.5. The minimum Gasteiger partial charge on any atom is -0.465 e. The van der Waals surface area contributed by atoms with Crippen molar-refractivity contribution in [2.45, 2.75) is 23.3 Å². The van der Waals surface area contributed by atoms with Crippen LogP contribution in [0.1, 0.15) is 39.3 Å². The highest BCUT2D eigenvalue weighted by atomic mass is 32.2. The number of benzene rings is 1. The van der Waals surface area contributed by atoms with Crippen molar-refractivity contribution in [2.24, 2.45) is 0 Å². The lowest BCUT2D eigenvalue weighted by molar-refractivity contribution is 0.0597. The number of aryl methyl sites for hydroxylation is 1. The Bertz CT molecular complexity index is 951. The molecule has 0 spiro atoms. The van der Waals surface area contributed by atoms with Crippen molar-refractivity contribution >= 4 is 40.1 Å². The van der Waals surface area contributed by atoms with E-state index >= 15 is 0 Å². The summed E-state index contributed by atoms with van der Waals surface area (Å²) < 4.78 is 11.2. The molecule has 1 amide bonds. The largest absolute Gasteiger partial charge is 0.465 e. The van der Waals surface area contributed by atoms with Crippen LogP contribution in [0.3, 0.4) is 0 Å². The topological polar surface area (TPSA) is 94.3 Å². The van der Waals surface area contributed by atoms with Crippen molar-refractivity contribution in [1.29, 1.82) is 0 Å². The smallest absolute Gasteiger partial charge is 0.338 e. The first-order valence-electron chi connectivity index (χ1n) is 8.11. The molecule has 27 heavy (non-hydrogen) atoms. The molecule has 0 saturated heterocycles. The van der Waals surface area contributed by atoms with Gasteiger partial charge in [0, 0.05) is 6.42 Å². The van der Waals surface area contributed by atoms with Gasteiger partial charge >= 0.3 is 5.97 Å². The SMILES string of the molecule is CCc1cnc(CSc2cnc(NC(=O)c3ccccc3C(=O)OC)s2)o1. The first-order chi connectivity index (χ1) is 13.1. The highest BCUT2D eigenvalue weighted by molar-refractivity contribution is 8.00. The van der Waals surface area contributed by atoms with Crippen molar-refractivity contribution in [3.63, 3.8) is 0 Å².